The normalized spacial score (nSPS) is 15.5. The van der Waals surface area contributed by atoms with E-state index in [0.29, 0.717) is 50.7 Å². The number of anilines is 2. The molecule has 0 spiro atoms. The van der Waals surface area contributed by atoms with Crippen LogP contribution in [0.5, 0.6) is 0 Å². The molecule has 1 atom stereocenters. The molecule has 13 heteroatoms. The summed E-state index contributed by atoms with van der Waals surface area (Å²) in [5.41, 5.74) is 7.47. The number of benzene rings is 5. The number of methoxy groups -OCH3 is 1. The molecule has 0 radical (unpaired) electrons. The Hall–Kier alpha value is -4.03. The van der Waals surface area contributed by atoms with E-state index in [-0.39, 0.29) is 35.7 Å². The van der Waals surface area contributed by atoms with Gasteiger partial charge in [0.1, 0.15) is 6.54 Å². The maximum absolute atomic E-state index is 13.0. The molecule has 5 aromatic rings. The van der Waals surface area contributed by atoms with E-state index in [4.69, 9.17) is 44.5 Å². The number of aliphatic imine (C=N–C) groups is 2. The summed E-state index contributed by atoms with van der Waals surface area (Å²) in [6.07, 6.45) is 0. The van der Waals surface area contributed by atoms with Crippen LogP contribution in [0.15, 0.2) is 129 Å². The first-order valence-electron chi connectivity index (χ1n) is 17.4. The van der Waals surface area contributed by atoms with Crippen molar-refractivity contribution in [1.29, 1.82) is 0 Å². The van der Waals surface area contributed by atoms with Crippen LogP contribution in [0.4, 0.5) is 11.4 Å². The van der Waals surface area contributed by atoms with Gasteiger partial charge in [0.25, 0.3) is 0 Å². The minimum absolute atomic E-state index is 0.00496. The Labute approximate surface area is 345 Å². The lowest BCUT2D eigenvalue weighted by Crippen LogP contribution is -2.37. The minimum Gasteiger partial charge on any atom is -0.382 e. The smallest absolute Gasteiger partial charge is 0.248 e. The SMILES string of the molecule is COCC1CN=C(c2ccccc2Cl)c2cc(Br)ccc2N1C.Cc1ccc(S(=O)(=O)CCN2C(=O)CN=C(c3ccccc3Cl)c3cc(Cl)ccc32)cc1. The molecule has 0 aromatic heterocycles. The number of benzodiazepines with no additional fused rings is 2. The number of ether oxygens (including phenoxy) is 1. The van der Waals surface area contributed by atoms with Gasteiger partial charge in [-0.25, -0.2) is 8.42 Å². The van der Waals surface area contributed by atoms with E-state index < -0.39 is 9.84 Å². The molecule has 2 aliphatic rings. The van der Waals surface area contributed by atoms with Crippen molar-refractivity contribution in [3.63, 3.8) is 0 Å². The fourth-order valence-electron chi connectivity index (χ4n) is 6.44. The Morgan fingerprint density at radius 1 is 0.782 bits per heavy atom. The zero-order chi connectivity index (χ0) is 39.3. The number of amides is 1. The van der Waals surface area contributed by atoms with Crippen LogP contribution < -0.4 is 9.80 Å². The van der Waals surface area contributed by atoms with Gasteiger partial charge in [-0.3, -0.25) is 14.8 Å². The summed E-state index contributed by atoms with van der Waals surface area (Å²) in [6, 6.07) is 33.3. The van der Waals surface area contributed by atoms with E-state index in [1.54, 1.807) is 55.6 Å². The van der Waals surface area contributed by atoms with Gasteiger partial charge in [-0.15, -0.1) is 0 Å². The molecular weight excluding hydrogens is 843 g/mol. The Morgan fingerprint density at radius 3 is 2.02 bits per heavy atom. The zero-order valence-electron chi connectivity index (χ0n) is 30.3. The van der Waals surface area contributed by atoms with Crippen LogP contribution in [0.25, 0.3) is 0 Å². The Bertz CT molecular complexity index is 2390. The Balaban J connectivity index is 0.000000197. The molecule has 2 heterocycles. The standard InChI is InChI=1S/C24H20Cl2N2O3S.C18H18BrClN2O/c1-16-6-9-18(10-7-16)32(30,31)13-12-28-22-11-8-17(25)14-20(22)24(27-15-23(28)29)19-4-2-3-5-21(19)26;1-22-13(11-23-2)10-21-18(14-5-3-4-6-16(14)20)15-9-12(19)7-8-17(15)22/h2-11,14H,12-13,15H2,1H3;3-9,13H,10-11H2,1-2H3. The average molecular weight is 881 g/mol. The number of carbonyl (C=O) groups excluding carboxylic acids is 1. The highest BCUT2D eigenvalue weighted by molar-refractivity contribution is 9.10. The minimum atomic E-state index is -3.57. The van der Waals surface area contributed by atoms with Crippen LogP contribution >= 0.6 is 50.7 Å². The third-order valence-electron chi connectivity index (χ3n) is 9.36. The Kier molecular flexibility index (Phi) is 13.2. The molecule has 0 saturated carbocycles. The fourth-order valence-corrected chi connectivity index (χ4v) is 8.63. The molecule has 0 saturated heterocycles. The van der Waals surface area contributed by atoms with Gasteiger partial charge in [0, 0.05) is 68.2 Å². The number of sulfone groups is 1. The first-order valence-corrected chi connectivity index (χ1v) is 21.0. The van der Waals surface area contributed by atoms with Crippen molar-refractivity contribution in [2.45, 2.75) is 17.9 Å². The van der Waals surface area contributed by atoms with Crippen molar-refractivity contribution in [1.82, 2.24) is 0 Å². The largest absolute Gasteiger partial charge is 0.382 e. The summed E-state index contributed by atoms with van der Waals surface area (Å²) >= 11 is 22.6. The second-order valence-electron chi connectivity index (χ2n) is 13.0. The topological polar surface area (TPSA) is 91.6 Å². The number of hydrogen-bond donors (Lipinski definition) is 0. The van der Waals surface area contributed by atoms with Crippen molar-refractivity contribution < 1.29 is 17.9 Å². The third kappa shape index (κ3) is 9.34. The number of rotatable bonds is 8. The summed E-state index contributed by atoms with van der Waals surface area (Å²) in [5.74, 6) is -0.514. The molecule has 1 unspecified atom stereocenters. The molecule has 8 nitrogen and oxygen atoms in total. The zero-order valence-corrected chi connectivity index (χ0v) is 35.0. The van der Waals surface area contributed by atoms with Crippen molar-refractivity contribution >= 4 is 89.3 Å². The predicted molar refractivity (Wildman–Crippen MR) is 229 cm³/mol. The monoisotopic (exact) mass is 878 g/mol. The lowest BCUT2D eigenvalue weighted by atomic mass is 10.00. The lowest BCUT2D eigenvalue weighted by molar-refractivity contribution is -0.117. The number of fused-ring (bicyclic) bond motifs is 2. The molecule has 0 bridgehead atoms. The van der Waals surface area contributed by atoms with Gasteiger partial charge in [0.05, 0.1) is 47.0 Å². The molecule has 5 aromatic carbocycles. The molecule has 2 aliphatic heterocycles. The number of halogens is 4. The van der Waals surface area contributed by atoms with E-state index in [1.807, 2.05) is 49.4 Å². The van der Waals surface area contributed by atoms with Crippen molar-refractivity contribution in [2.75, 3.05) is 56.0 Å². The van der Waals surface area contributed by atoms with Crippen LogP contribution in [0.3, 0.4) is 0 Å². The molecule has 0 fully saturated rings. The number of aryl methyl sites for hydroxylation is 1. The van der Waals surface area contributed by atoms with Gasteiger partial charge in [-0.2, -0.15) is 0 Å². The van der Waals surface area contributed by atoms with E-state index in [1.165, 1.54) is 4.90 Å². The van der Waals surface area contributed by atoms with Crippen LogP contribution in [0.2, 0.25) is 15.1 Å². The summed E-state index contributed by atoms with van der Waals surface area (Å²) in [7, 11) is 0.234. The molecule has 55 heavy (non-hydrogen) atoms. The van der Waals surface area contributed by atoms with E-state index in [9.17, 15) is 13.2 Å². The van der Waals surface area contributed by atoms with E-state index in [2.05, 4.69) is 51.1 Å². The maximum atomic E-state index is 13.0. The second-order valence-corrected chi connectivity index (χ2v) is 17.3. The summed E-state index contributed by atoms with van der Waals surface area (Å²) in [6.45, 7) is 3.06. The van der Waals surface area contributed by atoms with Crippen molar-refractivity contribution in [2.24, 2.45) is 9.98 Å². The first kappa shape index (κ1) is 40.6. The van der Waals surface area contributed by atoms with Crippen LogP contribution in [-0.4, -0.2) is 77.9 Å². The van der Waals surface area contributed by atoms with Gasteiger partial charge in [-0.1, -0.05) is 105 Å². The lowest BCUT2D eigenvalue weighted by Gasteiger charge is -2.28. The van der Waals surface area contributed by atoms with Crippen LogP contribution in [0, 0.1) is 6.92 Å². The third-order valence-corrected chi connectivity index (χ3v) is 12.5. The molecule has 0 N–H and O–H groups in total. The molecule has 1 amide bonds. The summed E-state index contributed by atoms with van der Waals surface area (Å²) < 4.78 is 32.1. The predicted octanol–water partition coefficient (Wildman–Crippen LogP) is 9.36. The van der Waals surface area contributed by atoms with Gasteiger partial charge in [0.2, 0.25) is 5.91 Å². The highest BCUT2D eigenvalue weighted by Gasteiger charge is 2.29. The first-order chi connectivity index (χ1) is 26.4. The van der Waals surface area contributed by atoms with E-state index in [0.717, 1.165) is 32.6 Å². The Morgan fingerprint density at radius 2 is 1.38 bits per heavy atom. The maximum Gasteiger partial charge on any atom is 0.248 e. The van der Waals surface area contributed by atoms with Crippen molar-refractivity contribution in [3.8, 4) is 0 Å². The summed E-state index contributed by atoms with van der Waals surface area (Å²) in [5, 5.41) is 1.69. The van der Waals surface area contributed by atoms with Crippen LogP contribution in [0.1, 0.15) is 27.8 Å². The number of hydrogen-bond acceptors (Lipinski definition) is 7. The number of nitrogens with zero attached hydrogens (tertiary/aromatic N) is 4. The van der Waals surface area contributed by atoms with Gasteiger partial charge in [0.15, 0.2) is 9.84 Å². The van der Waals surface area contributed by atoms with Crippen LogP contribution in [-0.2, 0) is 19.4 Å². The molecule has 284 valence electrons. The van der Waals surface area contributed by atoms with Gasteiger partial charge < -0.3 is 14.5 Å². The molecular formula is C42H38BrCl3N4O4S. The quantitative estimate of drug-likeness (QED) is 0.155. The van der Waals surface area contributed by atoms with E-state index >= 15 is 0 Å². The summed E-state index contributed by atoms with van der Waals surface area (Å²) in [4.78, 5) is 26.3. The highest BCUT2D eigenvalue weighted by atomic mass is 79.9. The second kappa shape index (κ2) is 17.8. The molecule has 0 aliphatic carbocycles. The van der Waals surface area contributed by atoms with Crippen molar-refractivity contribution in [3.05, 3.63) is 157 Å². The fraction of sp³-hybridized carbons (Fsp3) is 0.214. The average Bonchev–Trinajstić information content (AvgIpc) is 3.38. The van der Waals surface area contributed by atoms with Gasteiger partial charge in [-0.05, 0) is 67.6 Å². The number of likely N-dealkylation sites (N-methyl/N-ethyl adjacent to an activating group) is 1. The highest BCUT2D eigenvalue weighted by Crippen LogP contribution is 2.34. The molecule has 7 rings (SSSR count). The van der Waals surface area contributed by atoms with Gasteiger partial charge >= 0.3 is 0 Å². The number of carbonyl (C=O) groups is 1.